The summed E-state index contributed by atoms with van der Waals surface area (Å²) in [5, 5.41) is 23.4. The molecular formula is C11H19N3O5. The number of hydrogen-bond donors (Lipinski definition) is 4. The van der Waals surface area contributed by atoms with E-state index in [4.69, 9.17) is 5.11 Å². The smallest absolute Gasteiger partial charge is 0.317 e. The molecule has 0 aromatic heterocycles. The van der Waals surface area contributed by atoms with Crippen molar-refractivity contribution in [3.63, 3.8) is 0 Å². The predicted molar refractivity (Wildman–Crippen MR) is 65.5 cm³/mol. The Labute approximate surface area is 110 Å². The van der Waals surface area contributed by atoms with Gasteiger partial charge in [0.15, 0.2) is 0 Å². The molecule has 1 aliphatic heterocycles. The first-order chi connectivity index (χ1) is 8.80. The fourth-order valence-corrected chi connectivity index (χ4v) is 1.75. The van der Waals surface area contributed by atoms with Gasteiger partial charge >= 0.3 is 12.0 Å². The highest BCUT2D eigenvalue weighted by molar-refractivity contribution is 5.84. The van der Waals surface area contributed by atoms with Crippen molar-refractivity contribution in [2.75, 3.05) is 26.2 Å². The molecule has 1 aliphatic rings. The zero-order valence-corrected chi connectivity index (χ0v) is 10.8. The third-order valence-corrected chi connectivity index (χ3v) is 2.70. The van der Waals surface area contributed by atoms with Gasteiger partial charge in [-0.3, -0.25) is 9.59 Å². The Morgan fingerprint density at radius 2 is 2.21 bits per heavy atom. The third-order valence-electron chi connectivity index (χ3n) is 2.70. The summed E-state index contributed by atoms with van der Waals surface area (Å²) in [5.74, 6) is -1.38. The summed E-state index contributed by atoms with van der Waals surface area (Å²) < 4.78 is 0. The second kappa shape index (κ2) is 6.37. The lowest BCUT2D eigenvalue weighted by Gasteiger charge is -2.25. The average Bonchev–Trinajstić information content (AvgIpc) is 2.49. The van der Waals surface area contributed by atoms with Crippen molar-refractivity contribution in [1.29, 1.82) is 0 Å². The van der Waals surface area contributed by atoms with Crippen molar-refractivity contribution in [3.05, 3.63) is 0 Å². The van der Waals surface area contributed by atoms with Crippen LogP contribution in [0.3, 0.4) is 0 Å². The van der Waals surface area contributed by atoms with E-state index in [0.717, 1.165) is 0 Å². The topological polar surface area (TPSA) is 119 Å². The van der Waals surface area contributed by atoms with Gasteiger partial charge in [0.2, 0.25) is 5.91 Å². The number of aliphatic carboxylic acids is 1. The average molecular weight is 273 g/mol. The van der Waals surface area contributed by atoms with E-state index < -0.39 is 24.0 Å². The number of carboxylic acids is 1. The molecule has 0 radical (unpaired) electrons. The Morgan fingerprint density at radius 3 is 2.84 bits per heavy atom. The van der Waals surface area contributed by atoms with E-state index in [9.17, 15) is 19.5 Å². The Kier molecular flexibility index (Phi) is 5.11. The highest BCUT2D eigenvalue weighted by Gasteiger charge is 2.26. The largest absolute Gasteiger partial charge is 0.481 e. The summed E-state index contributed by atoms with van der Waals surface area (Å²) in [6, 6.07) is -0.484. The number of carbonyl (C=O) groups excluding carboxylic acids is 2. The molecule has 1 saturated heterocycles. The molecule has 8 heteroatoms. The van der Waals surface area contributed by atoms with Crippen molar-refractivity contribution in [3.8, 4) is 0 Å². The van der Waals surface area contributed by atoms with Gasteiger partial charge in [0.25, 0.3) is 0 Å². The van der Waals surface area contributed by atoms with Gasteiger partial charge in [-0.25, -0.2) is 4.79 Å². The van der Waals surface area contributed by atoms with Crippen LogP contribution in [0.4, 0.5) is 4.79 Å². The van der Waals surface area contributed by atoms with Crippen LogP contribution < -0.4 is 10.6 Å². The summed E-state index contributed by atoms with van der Waals surface area (Å²) >= 11 is 0. The SMILES string of the molecule is CC(O)(CNC(=O)N1CCCNC(=O)C1)CC(=O)O. The third kappa shape index (κ3) is 5.56. The molecule has 19 heavy (non-hydrogen) atoms. The van der Waals surface area contributed by atoms with Gasteiger partial charge in [0.05, 0.1) is 12.0 Å². The monoisotopic (exact) mass is 273 g/mol. The summed E-state index contributed by atoms with van der Waals surface area (Å²) in [7, 11) is 0. The molecule has 1 rings (SSSR count). The first kappa shape index (κ1) is 15.2. The number of hydrogen-bond acceptors (Lipinski definition) is 4. The van der Waals surface area contributed by atoms with Crippen LogP contribution in [0.2, 0.25) is 0 Å². The maximum atomic E-state index is 11.8. The van der Waals surface area contributed by atoms with Gasteiger partial charge in [-0.05, 0) is 13.3 Å². The van der Waals surface area contributed by atoms with E-state index in [2.05, 4.69) is 10.6 Å². The van der Waals surface area contributed by atoms with Gasteiger partial charge < -0.3 is 25.7 Å². The predicted octanol–water partition coefficient (Wildman–Crippen LogP) is -1.26. The van der Waals surface area contributed by atoms with Gasteiger partial charge in [0, 0.05) is 19.6 Å². The molecule has 1 atom stereocenters. The van der Waals surface area contributed by atoms with Crippen molar-refractivity contribution < 1.29 is 24.6 Å². The van der Waals surface area contributed by atoms with Crippen LogP contribution in [0.1, 0.15) is 19.8 Å². The van der Waals surface area contributed by atoms with Crippen LogP contribution in [0.5, 0.6) is 0 Å². The van der Waals surface area contributed by atoms with E-state index in [1.165, 1.54) is 11.8 Å². The maximum absolute atomic E-state index is 11.8. The molecule has 0 bridgehead atoms. The number of amides is 3. The number of rotatable bonds is 4. The summed E-state index contributed by atoms with van der Waals surface area (Å²) in [5.41, 5.74) is -1.52. The van der Waals surface area contributed by atoms with E-state index in [-0.39, 0.29) is 19.0 Å². The lowest BCUT2D eigenvalue weighted by Crippen LogP contribution is -2.48. The van der Waals surface area contributed by atoms with Crippen LogP contribution >= 0.6 is 0 Å². The van der Waals surface area contributed by atoms with E-state index in [0.29, 0.717) is 19.5 Å². The van der Waals surface area contributed by atoms with Gasteiger partial charge in [0.1, 0.15) is 6.54 Å². The fourth-order valence-electron chi connectivity index (χ4n) is 1.75. The van der Waals surface area contributed by atoms with Crippen molar-refractivity contribution in [2.45, 2.75) is 25.4 Å². The number of aliphatic hydroxyl groups is 1. The molecule has 1 heterocycles. The van der Waals surface area contributed by atoms with Gasteiger partial charge in [-0.1, -0.05) is 0 Å². The minimum Gasteiger partial charge on any atom is -0.481 e. The highest BCUT2D eigenvalue weighted by Crippen LogP contribution is 2.08. The molecule has 1 unspecified atom stereocenters. The number of nitrogens with one attached hydrogen (secondary N) is 2. The van der Waals surface area contributed by atoms with Crippen LogP contribution in [0.25, 0.3) is 0 Å². The molecule has 0 aliphatic carbocycles. The molecule has 108 valence electrons. The number of urea groups is 1. The fraction of sp³-hybridized carbons (Fsp3) is 0.727. The number of carboxylic acid groups (broad SMARTS) is 1. The van der Waals surface area contributed by atoms with E-state index >= 15 is 0 Å². The van der Waals surface area contributed by atoms with E-state index in [1.807, 2.05) is 0 Å². The Hall–Kier alpha value is -1.83. The first-order valence-corrected chi connectivity index (χ1v) is 6.04. The molecule has 3 amide bonds. The maximum Gasteiger partial charge on any atom is 0.317 e. The molecule has 1 fully saturated rings. The molecule has 8 nitrogen and oxygen atoms in total. The quantitative estimate of drug-likeness (QED) is 0.510. The van der Waals surface area contributed by atoms with Crippen molar-refractivity contribution in [2.24, 2.45) is 0 Å². The van der Waals surface area contributed by atoms with Crippen LogP contribution in [-0.4, -0.2) is 64.8 Å². The number of carbonyl (C=O) groups is 3. The molecular weight excluding hydrogens is 254 g/mol. The van der Waals surface area contributed by atoms with Crippen molar-refractivity contribution >= 4 is 17.9 Å². The summed E-state index contributed by atoms with van der Waals surface area (Å²) in [4.78, 5) is 34.9. The highest BCUT2D eigenvalue weighted by atomic mass is 16.4. The second-order valence-electron chi connectivity index (χ2n) is 4.85. The van der Waals surface area contributed by atoms with Gasteiger partial charge in [-0.15, -0.1) is 0 Å². The van der Waals surface area contributed by atoms with Crippen LogP contribution in [0, 0.1) is 0 Å². The normalized spacial score (nSPS) is 19.1. The standard InChI is InChI=1S/C11H19N3O5/c1-11(19,5-9(16)17)7-13-10(18)14-4-2-3-12-8(15)6-14/h19H,2-7H2,1H3,(H,12,15)(H,13,18)(H,16,17). The minimum atomic E-state index is -1.52. The zero-order valence-electron chi connectivity index (χ0n) is 10.8. The minimum absolute atomic E-state index is 0.0348. The number of nitrogens with zero attached hydrogens (tertiary/aromatic N) is 1. The molecule has 4 N–H and O–H groups in total. The summed E-state index contributed by atoms with van der Waals surface area (Å²) in [6.07, 6.45) is 0.193. The summed E-state index contributed by atoms with van der Waals surface area (Å²) in [6.45, 7) is 2.07. The Morgan fingerprint density at radius 1 is 1.53 bits per heavy atom. The van der Waals surface area contributed by atoms with Gasteiger partial charge in [-0.2, -0.15) is 0 Å². The Balaban J connectivity index is 2.45. The molecule has 0 spiro atoms. The lowest BCUT2D eigenvalue weighted by atomic mass is 10.0. The zero-order chi connectivity index (χ0) is 14.5. The molecule has 0 aromatic carbocycles. The first-order valence-electron chi connectivity index (χ1n) is 6.04. The van der Waals surface area contributed by atoms with Crippen LogP contribution in [0.15, 0.2) is 0 Å². The molecule has 0 saturated carbocycles. The lowest BCUT2D eigenvalue weighted by molar-refractivity contribution is -0.141. The van der Waals surface area contributed by atoms with E-state index in [1.54, 1.807) is 0 Å². The van der Waals surface area contributed by atoms with Crippen LogP contribution in [-0.2, 0) is 9.59 Å². The Bertz CT molecular complexity index is 369. The second-order valence-corrected chi connectivity index (χ2v) is 4.85. The van der Waals surface area contributed by atoms with Crippen molar-refractivity contribution in [1.82, 2.24) is 15.5 Å². The molecule has 0 aromatic rings.